The molecule has 0 aliphatic carbocycles. The van der Waals surface area contributed by atoms with Crippen LogP contribution in [0.4, 0.5) is 5.69 Å². The SMILES string of the molecule is CNCC1(O)CCN(c2cc(C)ccc2C)CC1. The molecule has 1 aliphatic heterocycles. The summed E-state index contributed by atoms with van der Waals surface area (Å²) in [5.74, 6) is 0. The smallest absolute Gasteiger partial charge is 0.0805 e. The van der Waals surface area contributed by atoms with Crippen molar-refractivity contribution < 1.29 is 5.11 Å². The van der Waals surface area contributed by atoms with E-state index in [0.29, 0.717) is 6.54 Å². The standard InChI is InChI=1S/C15H24N2O/c1-12-4-5-13(2)14(10-12)17-8-6-15(18,7-9-17)11-16-3/h4-5,10,16,18H,6-9,11H2,1-3H3. The Bertz CT molecular complexity index is 409. The number of likely N-dealkylation sites (N-methyl/N-ethyl adjacent to an activating group) is 1. The molecule has 0 atom stereocenters. The topological polar surface area (TPSA) is 35.5 Å². The van der Waals surface area contributed by atoms with Gasteiger partial charge >= 0.3 is 0 Å². The fourth-order valence-electron chi connectivity index (χ4n) is 2.73. The van der Waals surface area contributed by atoms with Crippen molar-refractivity contribution in [2.24, 2.45) is 0 Å². The third-order valence-electron chi connectivity index (χ3n) is 3.91. The van der Waals surface area contributed by atoms with Gasteiger partial charge in [0.2, 0.25) is 0 Å². The molecule has 0 aromatic heterocycles. The molecule has 18 heavy (non-hydrogen) atoms. The zero-order chi connectivity index (χ0) is 13.2. The van der Waals surface area contributed by atoms with Crippen LogP contribution in [0, 0.1) is 13.8 Å². The molecule has 1 heterocycles. The number of nitrogens with one attached hydrogen (secondary N) is 1. The van der Waals surface area contributed by atoms with Gasteiger partial charge in [0, 0.05) is 25.3 Å². The van der Waals surface area contributed by atoms with Gasteiger partial charge in [0.25, 0.3) is 0 Å². The van der Waals surface area contributed by atoms with Gasteiger partial charge in [-0.3, -0.25) is 0 Å². The van der Waals surface area contributed by atoms with Crippen LogP contribution in [0.5, 0.6) is 0 Å². The Morgan fingerprint density at radius 2 is 1.94 bits per heavy atom. The van der Waals surface area contributed by atoms with E-state index < -0.39 is 5.60 Å². The maximum Gasteiger partial charge on any atom is 0.0805 e. The van der Waals surface area contributed by atoms with Gasteiger partial charge in [-0.15, -0.1) is 0 Å². The lowest BCUT2D eigenvalue weighted by atomic mass is 9.90. The fraction of sp³-hybridized carbons (Fsp3) is 0.600. The first-order valence-electron chi connectivity index (χ1n) is 6.73. The molecule has 0 spiro atoms. The summed E-state index contributed by atoms with van der Waals surface area (Å²) in [6, 6.07) is 6.58. The molecule has 3 heteroatoms. The van der Waals surface area contributed by atoms with Gasteiger partial charge in [-0.25, -0.2) is 0 Å². The first-order chi connectivity index (χ1) is 8.54. The Balaban J connectivity index is 2.07. The molecule has 1 aliphatic rings. The zero-order valence-electron chi connectivity index (χ0n) is 11.7. The minimum atomic E-state index is -0.525. The lowest BCUT2D eigenvalue weighted by Gasteiger charge is -2.39. The minimum Gasteiger partial charge on any atom is -0.388 e. The molecule has 3 nitrogen and oxygen atoms in total. The summed E-state index contributed by atoms with van der Waals surface area (Å²) in [4.78, 5) is 2.40. The number of aliphatic hydroxyl groups is 1. The number of aryl methyl sites for hydroxylation is 2. The van der Waals surface area contributed by atoms with Crippen LogP contribution in [0.25, 0.3) is 0 Å². The Kier molecular flexibility index (Phi) is 3.93. The average Bonchev–Trinajstić information content (AvgIpc) is 2.34. The molecule has 1 saturated heterocycles. The second-order valence-corrected chi connectivity index (χ2v) is 5.53. The number of nitrogens with zero attached hydrogens (tertiary/aromatic N) is 1. The van der Waals surface area contributed by atoms with Gasteiger partial charge < -0.3 is 15.3 Å². The van der Waals surface area contributed by atoms with Crippen LogP contribution in [0.3, 0.4) is 0 Å². The third-order valence-corrected chi connectivity index (χ3v) is 3.91. The number of benzene rings is 1. The minimum absolute atomic E-state index is 0.525. The normalized spacial score (nSPS) is 19.0. The maximum absolute atomic E-state index is 10.4. The van der Waals surface area contributed by atoms with E-state index in [1.807, 2.05) is 7.05 Å². The first-order valence-corrected chi connectivity index (χ1v) is 6.73. The van der Waals surface area contributed by atoms with Crippen LogP contribution in [-0.2, 0) is 0 Å². The summed E-state index contributed by atoms with van der Waals surface area (Å²) in [7, 11) is 1.90. The van der Waals surface area contributed by atoms with Gasteiger partial charge in [-0.2, -0.15) is 0 Å². The van der Waals surface area contributed by atoms with Crippen molar-refractivity contribution in [1.29, 1.82) is 0 Å². The van der Waals surface area contributed by atoms with E-state index in [4.69, 9.17) is 0 Å². The van der Waals surface area contributed by atoms with Gasteiger partial charge in [0.1, 0.15) is 0 Å². The Labute approximate surface area is 110 Å². The number of rotatable bonds is 3. The van der Waals surface area contributed by atoms with E-state index in [-0.39, 0.29) is 0 Å². The van der Waals surface area contributed by atoms with Crippen molar-refractivity contribution in [3.63, 3.8) is 0 Å². The molecular weight excluding hydrogens is 224 g/mol. The predicted octanol–water partition coefficient (Wildman–Crippen LogP) is 1.85. The van der Waals surface area contributed by atoms with E-state index in [2.05, 4.69) is 42.3 Å². The van der Waals surface area contributed by atoms with Crippen LogP contribution in [0.2, 0.25) is 0 Å². The quantitative estimate of drug-likeness (QED) is 0.857. The summed E-state index contributed by atoms with van der Waals surface area (Å²) in [5.41, 5.74) is 3.41. The number of anilines is 1. The highest BCUT2D eigenvalue weighted by molar-refractivity contribution is 5.55. The van der Waals surface area contributed by atoms with Crippen LogP contribution in [-0.4, -0.2) is 37.4 Å². The molecule has 100 valence electrons. The summed E-state index contributed by atoms with van der Waals surface area (Å²) >= 11 is 0. The van der Waals surface area contributed by atoms with Crippen molar-refractivity contribution in [1.82, 2.24) is 5.32 Å². The largest absolute Gasteiger partial charge is 0.388 e. The van der Waals surface area contributed by atoms with Gasteiger partial charge in [0.15, 0.2) is 0 Å². The second kappa shape index (κ2) is 5.29. The number of hydrogen-bond donors (Lipinski definition) is 2. The van der Waals surface area contributed by atoms with E-state index >= 15 is 0 Å². The molecule has 0 radical (unpaired) electrons. The summed E-state index contributed by atoms with van der Waals surface area (Å²) < 4.78 is 0. The van der Waals surface area contributed by atoms with E-state index in [9.17, 15) is 5.11 Å². The lowest BCUT2D eigenvalue weighted by Crippen LogP contribution is -2.49. The van der Waals surface area contributed by atoms with Gasteiger partial charge in [0.05, 0.1) is 5.60 Å². The summed E-state index contributed by atoms with van der Waals surface area (Å²) in [6.07, 6.45) is 1.67. The van der Waals surface area contributed by atoms with Crippen molar-refractivity contribution >= 4 is 5.69 Å². The Morgan fingerprint density at radius 1 is 1.28 bits per heavy atom. The third kappa shape index (κ3) is 2.85. The van der Waals surface area contributed by atoms with Crippen molar-refractivity contribution in [2.45, 2.75) is 32.3 Å². The van der Waals surface area contributed by atoms with Crippen LogP contribution >= 0.6 is 0 Å². The first kappa shape index (κ1) is 13.4. The molecule has 1 aromatic rings. The van der Waals surface area contributed by atoms with E-state index in [0.717, 1.165) is 25.9 Å². The highest BCUT2D eigenvalue weighted by Gasteiger charge is 2.31. The second-order valence-electron chi connectivity index (χ2n) is 5.53. The maximum atomic E-state index is 10.4. The van der Waals surface area contributed by atoms with Gasteiger partial charge in [-0.05, 0) is 50.9 Å². The van der Waals surface area contributed by atoms with Crippen LogP contribution < -0.4 is 10.2 Å². The molecule has 2 N–H and O–H groups in total. The summed E-state index contributed by atoms with van der Waals surface area (Å²) in [6.45, 7) is 6.84. The zero-order valence-corrected chi connectivity index (χ0v) is 11.7. The van der Waals surface area contributed by atoms with Crippen molar-refractivity contribution in [2.75, 3.05) is 31.6 Å². The highest BCUT2D eigenvalue weighted by atomic mass is 16.3. The lowest BCUT2D eigenvalue weighted by molar-refractivity contribution is 0.0185. The molecule has 2 rings (SSSR count). The Hall–Kier alpha value is -1.06. The average molecular weight is 248 g/mol. The predicted molar refractivity (Wildman–Crippen MR) is 76.2 cm³/mol. The highest BCUT2D eigenvalue weighted by Crippen LogP contribution is 2.28. The molecule has 0 saturated carbocycles. The molecule has 1 fully saturated rings. The molecule has 1 aromatic carbocycles. The van der Waals surface area contributed by atoms with Crippen LogP contribution in [0.15, 0.2) is 18.2 Å². The van der Waals surface area contributed by atoms with Crippen LogP contribution in [0.1, 0.15) is 24.0 Å². The van der Waals surface area contributed by atoms with Gasteiger partial charge in [-0.1, -0.05) is 12.1 Å². The van der Waals surface area contributed by atoms with E-state index in [1.54, 1.807) is 0 Å². The number of piperidine rings is 1. The molecule has 0 amide bonds. The van der Waals surface area contributed by atoms with Crippen molar-refractivity contribution in [3.05, 3.63) is 29.3 Å². The van der Waals surface area contributed by atoms with Crippen molar-refractivity contribution in [3.8, 4) is 0 Å². The number of hydrogen-bond acceptors (Lipinski definition) is 3. The molecule has 0 unspecified atom stereocenters. The molecule has 0 bridgehead atoms. The fourth-order valence-corrected chi connectivity index (χ4v) is 2.73. The van der Waals surface area contributed by atoms with E-state index in [1.165, 1.54) is 16.8 Å². The summed E-state index contributed by atoms with van der Waals surface area (Å²) in [5, 5.41) is 13.5. The monoisotopic (exact) mass is 248 g/mol. The Morgan fingerprint density at radius 3 is 2.56 bits per heavy atom. The molecular formula is C15H24N2O.